The van der Waals surface area contributed by atoms with E-state index in [0.717, 1.165) is 5.69 Å². The first kappa shape index (κ1) is 9.09. The molecule has 3 nitrogen and oxygen atoms in total. The Morgan fingerprint density at radius 3 is 2.75 bits per heavy atom. The second-order valence-corrected chi connectivity index (χ2v) is 3.73. The van der Waals surface area contributed by atoms with E-state index in [4.69, 9.17) is 4.42 Å². The molecule has 0 saturated carbocycles. The Morgan fingerprint density at radius 2 is 1.88 bits per heavy atom. The number of para-hydroxylation sites is 1. The van der Waals surface area contributed by atoms with Crippen molar-refractivity contribution in [2.24, 2.45) is 0 Å². The minimum absolute atomic E-state index is 0.0237. The van der Waals surface area contributed by atoms with E-state index in [-0.39, 0.29) is 5.43 Å². The molecular weight excluding hydrogens is 202 g/mol. The van der Waals surface area contributed by atoms with Crippen molar-refractivity contribution in [2.45, 2.75) is 6.92 Å². The Labute approximate surface area is 91.3 Å². The molecular formula is C13H9NO2. The van der Waals surface area contributed by atoms with Crippen molar-refractivity contribution >= 4 is 22.1 Å². The van der Waals surface area contributed by atoms with Crippen LogP contribution in [0.2, 0.25) is 0 Å². The number of nitrogens with zero attached hydrogens (tertiary/aromatic N) is 1. The molecule has 0 radical (unpaired) electrons. The van der Waals surface area contributed by atoms with E-state index in [0.29, 0.717) is 22.1 Å². The zero-order valence-corrected chi connectivity index (χ0v) is 8.73. The first-order chi connectivity index (χ1) is 7.75. The van der Waals surface area contributed by atoms with Gasteiger partial charge in [-0.3, -0.25) is 4.79 Å². The fourth-order valence-electron chi connectivity index (χ4n) is 1.78. The monoisotopic (exact) mass is 211 g/mol. The molecule has 0 bridgehead atoms. The lowest BCUT2D eigenvalue weighted by Gasteiger charge is -2.00. The fourth-order valence-corrected chi connectivity index (χ4v) is 1.78. The van der Waals surface area contributed by atoms with Gasteiger partial charge in [0.15, 0.2) is 0 Å². The van der Waals surface area contributed by atoms with Gasteiger partial charge in [-0.2, -0.15) is 0 Å². The Bertz CT molecular complexity index is 744. The minimum atomic E-state index is -0.0237. The third-order valence-electron chi connectivity index (χ3n) is 2.58. The van der Waals surface area contributed by atoms with Gasteiger partial charge in [-0.15, -0.1) is 0 Å². The van der Waals surface area contributed by atoms with Crippen LogP contribution >= 0.6 is 0 Å². The molecule has 3 rings (SSSR count). The lowest BCUT2D eigenvalue weighted by Crippen LogP contribution is -2.03. The molecule has 16 heavy (non-hydrogen) atoms. The number of fused-ring (bicyclic) bond motifs is 2. The Hall–Kier alpha value is -2.16. The molecule has 0 fully saturated rings. The highest BCUT2D eigenvalue weighted by Gasteiger charge is 2.07. The molecule has 0 atom stereocenters. The second-order valence-electron chi connectivity index (χ2n) is 3.73. The predicted octanol–water partition coefficient (Wildman–Crippen LogP) is 2.65. The third-order valence-corrected chi connectivity index (χ3v) is 2.58. The van der Waals surface area contributed by atoms with E-state index < -0.39 is 0 Å². The molecule has 0 aliphatic heterocycles. The Morgan fingerprint density at radius 1 is 1.06 bits per heavy atom. The molecule has 0 N–H and O–H groups in total. The summed E-state index contributed by atoms with van der Waals surface area (Å²) >= 11 is 0. The molecule has 0 aliphatic rings. The number of benzene rings is 1. The molecule has 3 aromatic rings. The van der Waals surface area contributed by atoms with Crippen molar-refractivity contribution in [3.8, 4) is 0 Å². The van der Waals surface area contributed by atoms with Crippen molar-refractivity contribution in [1.29, 1.82) is 0 Å². The van der Waals surface area contributed by atoms with Crippen LogP contribution in [0.3, 0.4) is 0 Å². The van der Waals surface area contributed by atoms with Crippen molar-refractivity contribution < 1.29 is 4.42 Å². The van der Waals surface area contributed by atoms with E-state index in [1.54, 1.807) is 18.2 Å². The summed E-state index contributed by atoms with van der Waals surface area (Å²) in [7, 11) is 0. The maximum Gasteiger partial charge on any atom is 0.230 e. The summed E-state index contributed by atoms with van der Waals surface area (Å²) in [5, 5.41) is 1.13. The average Bonchev–Trinajstić information content (AvgIpc) is 2.29. The summed E-state index contributed by atoms with van der Waals surface area (Å²) in [6.45, 7) is 1.87. The van der Waals surface area contributed by atoms with Crippen molar-refractivity contribution in [2.75, 3.05) is 0 Å². The van der Waals surface area contributed by atoms with E-state index in [9.17, 15) is 4.79 Å². The molecule has 2 heterocycles. The number of hydrogen-bond donors (Lipinski definition) is 0. The van der Waals surface area contributed by atoms with Gasteiger partial charge in [-0.25, -0.2) is 4.98 Å². The van der Waals surface area contributed by atoms with Crippen LogP contribution in [0, 0.1) is 6.92 Å². The molecule has 3 heteroatoms. The molecule has 0 spiro atoms. The number of aromatic nitrogens is 1. The van der Waals surface area contributed by atoms with Crippen molar-refractivity contribution in [1.82, 2.24) is 4.98 Å². The van der Waals surface area contributed by atoms with Gasteiger partial charge in [0.1, 0.15) is 5.58 Å². The lowest BCUT2D eigenvalue weighted by atomic mass is 10.2. The zero-order valence-electron chi connectivity index (χ0n) is 8.73. The quantitative estimate of drug-likeness (QED) is 0.537. The molecule has 0 saturated heterocycles. The topological polar surface area (TPSA) is 43.1 Å². The molecule has 0 unspecified atom stereocenters. The molecule has 1 aromatic carbocycles. The lowest BCUT2D eigenvalue weighted by molar-refractivity contribution is 0.643. The molecule has 2 aromatic heterocycles. The second kappa shape index (κ2) is 3.17. The fraction of sp³-hybridized carbons (Fsp3) is 0.0769. The molecule has 0 aliphatic carbocycles. The number of hydrogen-bond acceptors (Lipinski definition) is 3. The van der Waals surface area contributed by atoms with Crippen LogP contribution in [0.4, 0.5) is 0 Å². The smallest absolute Gasteiger partial charge is 0.230 e. The van der Waals surface area contributed by atoms with E-state index >= 15 is 0 Å². The zero-order chi connectivity index (χ0) is 11.1. The number of rotatable bonds is 0. The molecule has 0 amide bonds. The van der Waals surface area contributed by atoms with Gasteiger partial charge in [-0.05, 0) is 31.2 Å². The van der Waals surface area contributed by atoms with Crippen LogP contribution in [-0.4, -0.2) is 4.98 Å². The minimum Gasteiger partial charge on any atom is -0.437 e. The van der Waals surface area contributed by atoms with Crippen LogP contribution in [0.1, 0.15) is 5.69 Å². The van der Waals surface area contributed by atoms with Crippen LogP contribution in [0.25, 0.3) is 22.1 Å². The highest BCUT2D eigenvalue weighted by atomic mass is 16.3. The largest absolute Gasteiger partial charge is 0.437 e. The molecule has 78 valence electrons. The average molecular weight is 211 g/mol. The van der Waals surface area contributed by atoms with Crippen molar-refractivity contribution in [3.63, 3.8) is 0 Å². The Kier molecular flexibility index (Phi) is 1.80. The predicted molar refractivity (Wildman–Crippen MR) is 62.5 cm³/mol. The van der Waals surface area contributed by atoms with Crippen LogP contribution in [-0.2, 0) is 0 Å². The maximum absolute atomic E-state index is 12.1. The third kappa shape index (κ3) is 1.21. The van der Waals surface area contributed by atoms with Gasteiger partial charge in [0.05, 0.1) is 10.8 Å². The SMILES string of the molecule is Cc1ccc2c(=O)c3ccccc3oc2n1. The summed E-state index contributed by atoms with van der Waals surface area (Å²) in [6, 6.07) is 10.8. The maximum atomic E-state index is 12.1. The number of pyridine rings is 1. The summed E-state index contributed by atoms with van der Waals surface area (Å²) in [6.07, 6.45) is 0. The van der Waals surface area contributed by atoms with Crippen LogP contribution in [0.5, 0.6) is 0 Å². The number of aryl methyl sites for hydroxylation is 1. The summed E-state index contributed by atoms with van der Waals surface area (Å²) in [5.74, 6) is 0. The van der Waals surface area contributed by atoms with Gasteiger partial charge in [0.2, 0.25) is 11.1 Å². The van der Waals surface area contributed by atoms with Gasteiger partial charge in [0, 0.05) is 5.69 Å². The van der Waals surface area contributed by atoms with E-state index in [1.807, 2.05) is 25.1 Å². The normalized spacial score (nSPS) is 11.1. The van der Waals surface area contributed by atoms with E-state index in [1.165, 1.54) is 0 Å². The van der Waals surface area contributed by atoms with E-state index in [2.05, 4.69) is 4.98 Å². The first-order valence-corrected chi connectivity index (χ1v) is 5.05. The van der Waals surface area contributed by atoms with Gasteiger partial charge < -0.3 is 4.42 Å². The summed E-state index contributed by atoms with van der Waals surface area (Å²) in [5.41, 5.74) is 1.80. The van der Waals surface area contributed by atoms with Crippen molar-refractivity contribution in [3.05, 3.63) is 52.3 Å². The summed E-state index contributed by atoms with van der Waals surface area (Å²) in [4.78, 5) is 16.3. The highest BCUT2D eigenvalue weighted by Crippen LogP contribution is 2.16. The highest BCUT2D eigenvalue weighted by molar-refractivity contribution is 5.87. The summed E-state index contributed by atoms with van der Waals surface area (Å²) < 4.78 is 5.60. The van der Waals surface area contributed by atoms with Gasteiger partial charge in [0.25, 0.3) is 0 Å². The Balaban J connectivity index is 2.61. The van der Waals surface area contributed by atoms with Crippen LogP contribution < -0.4 is 5.43 Å². The first-order valence-electron chi connectivity index (χ1n) is 5.05. The van der Waals surface area contributed by atoms with Crippen LogP contribution in [0.15, 0.2) is 45.6 Å². The standard InChI is InChI=1S/C13H9NO2/c1-8-6-7-10-12(15)9-4-2-3-5-11(9)16-13(10)14-8/h2-7H,1H3. The van der Waals surface area contributed by atoms with Gasteiger partial charge in [-0.1, -0.05) is 12.1 Å². The van der Waals surface area contributed by atoms with Gasteiger partial charge >= 0.3 is 0 Å².